The lowest BCUT2D eigenvalue weighted by molar-refractivity contribution is 0.103. The molecule has 0 saturated carbocycles. The SMILES string of the molecule is Cc1ccc(NC(=O)c2cc(N)c(C)s2)cc1C. The highest BCUT2D eigenvalue weighted by atomic mass is 32.1. The summed E-state index contributed by atoms with van der Waals surface area (Å²) >= 11 is 1.41. The number of carbonyl (C=O) groups is 1. The zero-order valence-electron chi connectivity index (χ0n) is 10.7. The number of nitrogens with two attached hydrogens (primary N) is 1. The van der Waals surface area contributed by atoms with Crippen LogP contribution in [0, 0.1) is 20.8 Å². The summed E-state index contributed by atoms with van der Waals surface area (Å²) in [4.78, 5) is 13.6. The van der Waals surface area contributed by atoms with E-state index in [1.165, 1.54) is 16.9 Å². The first kappa shape index (κ1) is 12.6. The zero-order valence-corrected chi connectivity index (χ0v) is 11.5. The van der Waals surface area contributed by atoms with Gasteiger partial charge in [0, 0.05) is 16.3 Å². The lowest BCUT2D eigenvalue weighted by Crippen LogP contribution is -2.10. The highest BCUT2D eigenvalue weighted by Crippen LogP contribution is 2.24. The van der Waals surface area contributed by atoms with Crippen LogP contribution in [0.5, 0.6) is 0 Å². The molecule has 4 heteroatoms. The molecule has 0 unspecified atom stereocenters. The van der Waals surface area contributed by atoms with Crippen LogP contribution in [0.4, 0.5) is 11.4 Å². The summed E-state index contributed by atoms with van der Waals surface area (Å²) in [6, 6.07) is 7.59. The summed E-state index contributed by atoms with van der Waals surface area (Å²) in [7, 11) is 0. The lowest BCUT2D eigenvalue weighted by Gasteiger charge is -2.06. The Morgan fingerprint density at radius 3 is 2.44 bits per heavy atom. The molecule has 3 nitrogen and oxygen atoms in total. The van der Waals surface area contributed by atoms with E-state index in [9.17, 15) is 4.79 Å². The molecule has 2 aromatic rings. The lowest BCUT2D eigenvalue weighted by atomic mass is 10.1. The van der Waals surface area contributed by atoms with Crippen molar-refractivity contribution in [3.63, 3.8) is 0 Å². The summed E-state index contributed by atoms with van der Waals surface area (Å²) in [5, 5.41) is 2.88. The number of amides is 1. The Morgan fingerprint density at radius 2 is 1.89 bits per heavy atom. The van der Waals surface area contributed by atoms with Crippen molar-refractivity contribution in [3.05, 3.63) is 45.1 Å². The molecule has 1 aromatic heterocycles. The van der Waals surface area contributed by atoms with Crippen LogP contribution >= 0.6 is 11.3 Å². The monoisotopic (exact) mass is 260 g/mol. The van der Waals surface area contributed by atoms with Crippen LogP contribution in [0.1, 0.15) is 25.7 Å². The summed E-state index contributed by atoms with van der Waals surface area (Å²) in [6.07, 6.45) is 0. The van der Waals surface area contributed by atoms with Crippen LogP contribution in [0.15, 0.2) is 24.3 Å². The Kier molecular flexibility index (Phi) is 3.39. The Labute approximate surface area is 111 Å². The molecule has 0 atom stereocenters. The van der Waals surface area contributed by atoms with Gasteiger partial charge >= 0.3 is 0 Å². The molecule has 1 aromatic carbocycles. The summed E-state index contributed by atoms with van der Waals surface area (Å²) in [5.74, 6) is -0.108. The van der Waals surface area contributed by atoms with Crippen LogP contribution < -0.4 is 11.1 Å². The van der Waals surface area contributed by atoms with Crippen LogP contribution in [0.25, 0.3) is 0 Å². The molecule has 0 fully saturated rings. The number of thiophene rings is 1. The van der Waals surface area contributed by atoms with E-state index in [0.29, 0.717) is 10.6 Å². The number of rotatable bonds is 2. The molecule has 0 aliphatic rings. The van der Waals surface area contributed by atoms with Gasteiger partial charge in [-0.05, 0) is 50.1 Å². The number of nitrogen functional groups attached to an aromatic ring is 1. The fourth-order valence-corrected chi connectivity index (χ4v) is 2.46. The third kappa shape index (κ3) is 2.54. The summed E-state index contributed by atoms with van der Waals surface area (Å²) in [5.41, 5.74) is 9.60. The van der Waals surface area contributed by atoms with E-state index < -0.39 is 0 Å². The molecule has 0 aliphatic carbocycles. The average molecular weight is 260 g/mol. The third-order valence-corrected chi connectivity index (χ3v) is 4.01. The number of nitrogens with one attached hydrogen (secondary N) is 1. The van der Waals surface area contributed by atoms with Crippen molar-refractivity contribution in [1.29, 1.82) is 0 Å². The van der Waals surface area contributed by atoms with E-state index in [-0.39, 0.29) is 5.91 Å². The van der Waals surface area contributed by atoms with Gasteiger partial charge in [0.2, 0.25) is 0 Å². The molecule has 0 saturated heterocycles. The number of benzene rings is 1. The fraction of sp³-hybridized carbons (Fsp3) is 0.214. The normalized spacial score (nSPS) is 10.4. The minimum Gasteiger partial charge on any atom is -0.398 e. The molecule has 2 rings (SSSR count). The van der Waals surface area contributed by atoms with E-state index >= 15 is 0 Å². The van der Waals surface area contributed by atoms with Gasteiger partial charge < -0.3 is 11.1 Å². The maximum absolute atomic E-state index is 12.0. The molecule has 0 spiro atoms. The second-order valence-corrected chi connectivity index (χ2v) is 5.63. The van der Waals surface area contributed by atoms with Crippen molar-refractivity contribution in [1.82, 2.24) is 0 Å². The third-order valence-electron chi connectivity index (χ3n) is 2.94. The Morgan fingerprint density at radius 1 is 1.17 bits per heavy atom. The zero-order chi connectivity index (χ0) is 13.3. The number of aryl methyl sites for hydroxylation is 3. The number of hydrogen-bond acceptors (Lipinski definition) is 3. The van der Waals surface area contributed by atoms with E-state index in [2.05, 4.69) is 5.32 Å². The predicted molar refractivity (Wildman–Crippen MR) is 77.3 cm³/mol. The Balaban J connectivity index is 2.18. The molecule has 18 heavy (non-hydrogen) atoms. The first-order valence-electron chi connectivity index (χ1n) is 5.72. The van der Waals surface area contributed by atoms with Crippen molar-refractivity contribution in [2.75, 3.05) is 11.1 Å². The second-order valence-electron chi connectivity index (χ2n) is 4.38. The Bertz CT molecular complexity index is 582. The minimum atomic E-state index is -0.108. The van der Waals surface area contributed by atoms with Gasteiger partial charge in [0.15, 0.2) is 0 Å². The highest BCUT2D eigenvalue weighted by Gasteiger charge is 2.11. The number of carbonyl (C=O) groups excluding carboxylic acids is 1. The first-order chi connectivity index (χ1) is 8.47. The minimum absolute atomic E-state index is 0.108. The topological polar surface area (TPSA) is 55.1 Å². The summed E-state index contributed by atoms with van der Waals surface area (Å²) in [6.45, 7) is 5.98. The van der Waals surface area contributed by atoms with Crippen molar-refractivity contribution >= 4 is 28.6 Å². The number of anilines is 2. The van der Waals surface area contributed by atoms with Gasteiger partial charge in [-0.1, -0.05) is 6.07 Å². The van der Waals surface area contributed by atoms with E-state index in [1.54, 1.807) is 6.07 Å². The maximum Gasteiger partial charge on any atom is 0.265 e. The van der Waals surface area contributed by atoms with Crippen LogP contribution in [-0.2, 0) is 0 Å². The highest BCUT2D eigenvalue weighted by molar-refractivity contribution is 7.14. The van der Waals surface area contributed by atoms with Crippen molar-refractivity contribution in [3.8, 4) is 0 Å². The fourth-order valence-electron chi connectivity index (χ4n) is 1.62. The molecule has 94 valence electrons. The first-order valence-corrected chi connectivity index (χ1v) is 6.53. The molecule has 0 aliphatic heterocycles. The second kappa shape index (κ2) is 4.82. The average Bonchev–Trinajstić information content (AvgIpc) is 2.65. The van der Waals surface area contributed by atoms with Gasteiger partial charge in [-0.3, -0.25) is 4.79 Å². The van der Waals surface area contributed by atoms with Gasteiger partial charge in [0.05, 0.1) is 4.88 Å². The molecule has 0 bridgehead atoms. The van der Waals surface area contributed by atoms with E-state index in [4.69, 9.17) is 5.73 Å². The standard InChI is InChI=1S/C14H16N2OS/c1-8-4-5-11(6-9(8)2)16-14(17)13-7-12(15)10(3)18-13/h4-7H,15H2,1-3H3,(H,16,17). The van der Waals surface area contributed by atoms with Crippen molar-refractivity contribution < 1.29 is 4.79 Å². The van der Waals surface area contributed by atoms with Gasteiger partial charge in [-0.15, -0.1) is 11.3 Å². The molecule has 3 N–H and O–H groups in total. The summed E-state index contributed by atoms with van der Waals surface area (Å²) < 4.78 is 0. The smallest absolute Gasteiger partial charge is 0.265 e. The van der Waals surface area contributed by atoms with Crippen LogP contribution in [-0.4, -0.2) is 5.91 Å². The molecular weight excluding hydrogens is 244 g/mol. The largest absolute Gasteiger partial charge is 0.398 e. The molecule has 0 radical (unpaired) electrons. The quantitative estimate of drug-likeness (QED) is 0.868. The maximum atomic E-state index is 12.0. The molecule has 1 heterocycles. The van der Waals surface area contributed by atoms with Gasteiger partial charge in [0.25, 0.3) is 5.91 Å². The molecular formula is C14H16N2OS. The Hall–Kier alpha value is -1.81. The van der Waals surface area contributed by atoms with Gasteiger partial charge in [-0.25, -0.2) is 0 Å². The van der Waals surface area contributed by atoms with Gasteiger partial charge in [-0.2, -0.15) is 0 Å². The van der Waals surface area contributed by atoms with Crippen LogP contribution in [0.2, 0.25) is 0 Å². The van der Waals surface area contributed by atoms with Crippen molar-refractivity contribution in [2.24, 2.45) is 0 Å². The van der Waals surface area contributed by atoms with Crippen molar-refractivity contribution in [2.45, 2.75) is 20.8 Å². The molecule has 1 amide bonds. The van der Waals surface area contributed by atoms with E-state index in [0.717, 1.165) is 16.1 Å². The number of hydrogen-bond donors (Lipinski definition) is 2. The van der Waals surface area contributed by atoms with E-state index in [1.807, 2.05) is 39.0 Å². The van der Waals surface area contributed by atoms with Gasteiger partial charge in [0.1, 0.15) is 0 Å². The van der Waals surface area contributed by atoms with Crippen LogP contribution in [0.3, 0.4) is 0 Å². The predicted octanol–water partition coefficient (Wildman–Crippen LogP) is 3.51.